The standard InChI is InChI=1S/C18H25N3O5S/c1-6-21(7-2)27(23,24)17-10-14(8-9-16(17)25-5)18(22)19-11-15-12(3)20-26-13(15)4/h8-10H,6-7,11H2,1-5H3,(H,19,22). The van der Waals surface area contributed by atoms with E-state index in [-0.39, 0.29) is 22.8 Å². The molecule has 0 fully saturated rings. The van der Waals surface area contributed by atoms with Crippen LogP contribution in [-0.2, 0) is 16.6 Å². The number of carbonyl (C=O) groups excluding carboxylic acids is 1. The largest absolute Gasteiger partial charge is 0.495 e. The summed E-state index contributed by atoms with van der Waals surface area (Å²) in [6.07, 6.45) is 0. The Balaban J connectivity index is 2.32. The van der Waals surface area contributed by atoms with E-state index in [0.29, 0.717) is 24.5 Å². The van der Waals surface area contributed by atoms with Gasteiger partial charge in [-0.3, -0.25) is 4.79 Å². The first-order valence-electron chi connectivity index (χ1n) is 8.64. The number of methoxy groups -OCH3 is 1. The third-order valence-corrected chi connectivity index (χ3v) is 6.43. The van der Waals surface area contributed by atoms with Gasteiger partial charge in [-0.15, -0.1) is 0 Å². The molecule has 0 radical (unpaired) electrons. The van der Waals surface area contributed by atoms with Gasteiger partial charge in [-0.05, 0) is 32.0 Å². The Bertz CT molecular complexity index is 898. The molecule has 0 aliphatic carbocycles. The molecule has 27 heavy (non-hydrogen) atoms. The van der Waals surface area contributed by atoms with Crippen LogP contribution in [0.3, 0.4) is 0 Å². The molecular formula is C18H25N3O5S. The minimum absolute atomic E-state index is 0.0290. The number of sulfonamides is 1. The molecule has 0 aliphatic heterocycles. The van der Waals surface area contributed by atoms with E-state index in [1.807, 2.05) is 0 Å². The Hall–Kier alpha value is -2.39. The van der Waals surface area contributed by atoms with Gasteiger partial charge in [-0.2, -0.15) is 4.31 Å². The zero-order chi connectivity index (χ0) is 20.2. The number of aryl methyl sites for hydroxylation is 2. The lowest BCUT2D eigenvalue weighted by molar-refractivity contribution is 0.0950. The highest BCUT2D eigenvalue weighted by Gasteiger charge is 2.26. The van der Waals surface area contributed by atoms with E-state index in [2.05, 4.69) is 10.5 Å². The maximum atomic E-state index is 12.9. The van der Waals surface area contributed by atoms with Crippen LogP contribution in [0.2, 0.25) is 0 Å². The number of benzene rings is 1. The van der Waals surface area contributed by atoms with Crippen LogP contribution >= 0.6 is 0 Å². The van der Waals surface area contributed by atoms with Crippen LogP contribution < -0.4 is 10.1 Å². The smallest absolute Gasteiger partial charge is 0.251 e. The van der Waals surface area contributed by atoms with Crippen molar-refractivity contribution < 1.29 is 22.5 Å². The summed E-state index contributed by atoms with van der Waals surface area (Å²) in [5, 5.41) is 6.61. The molecule has 9 heteroatoms. The zero-order valence-corrected chi connectivity index (χ0v) is 17.0. The molecule has 2 aromatic rings. The first kappa shape index (κ1) is 20.9. The highest BCUT2D eigenvalue weighted by molar-refractivity contribution is 7.89. The monoisotopic (exact) mass is 395 g/mol. The molecule has 0 atom stereocenters. The Labute approximate surface area is 159 Å². The van der Waals surface area contributed by atoms with Gasteiger partial charge in [0.2, 0.25) is 10.0 Å². The maximum Gasteiger partial charge on any atom is 0.251 e. The Kier molecular flexibility index (Phi) is 6.61. The van der Waals surface area contributed by atoms with Gasteiger partial charge < -0.3 is 14.6 Å². The summed E-state index contributed by atoms with van der Waals surface area (Å²) in [7, 11) is -2.37. The fourth-order valence-corrected chi connectivity index (χ4v) is 4.39. The minimum Gasteiger partial charge on any atom is -0.495 e. The van der Waals surface area contributed by atoms with Gasteiger partial charge in [0.1, 0.15) is 16.4 Å². The summed E-state index contributed by atoms with van der Waals surface area (Å²) < 4.78 is 37.3. The normalized spacial score (nSPS) is 11.6. The van der Waals surface area contributed by atoms with E-state index in [1.54, 1.807) is 27.7 Å². The number of amides is 1. The third kappa shape index (κ3) is 4.30. The maximum absolute atomic E-state index is 12.9. The second-order valence-electron chi connectivity index (χ2n) is 5.94. The van der Waals surface area contributed by atoms with Crippen molar-refractivity contribution in [3.63, 3.8) is 0 Å². The van der Waals surface area contributed by atoms with Gasteiger partial charge in [0.15, 0.2) is 0 Å². The minimum atomic E-state index is -3.77. The Morgan fingerprint density at radius 1 is 1.26 bits per heavy atom. The van der Waals surface area contributed by atoms with Crippen LogP contribution in [0.25, 0.3) is 0 Å². The predicted octanol–water partition coefficient (Wildman–Crippen LogP) is 2.26. The number of rotatable bonds is 8. The number of nitrogens with zero attached hydrogens (tertiary/aromatic N) is 2. The first-order valence-corrected chi connectivity index (χ1v) is 10.1. The van der Waals surface area contributed by atoms with Gasteiger partial charge in [-0.1, -0.05) is 19.0 Å². The molecule has 0 aliphatic rings. The number of carbonyl (C=O) groups is 1. The fourth-order valence-electron chi connectivity index (χ4n) is 2.75. The van der Waals surface area contributed by atoms with E-state index in [9.17, 15) is 13.2 Å². The number of ether oxygens (including phenoxy) is 1. The molecule has 0 saturated carbocycles. The molecule has 0 spiro atoms. The second kappa shape index (κ2) is 8.53. The Morgan fingerprint density at radius 2 is 1.93 bits per heavy atom. The van der Waals surface area contributed by atoms with Gasteiger partial charge in [-0.25, -0.2) is 8.42 Å². The lowest BCUT2D eigenvalue weighted by atomic mass is 10.1. The lowest BCUT2D eigenvalue weighted by Crippen LogP contribution is -2.31. The van der Waals surface area contributed by atoms with Crippen molar-refractivity contribution in [3.05, 3.63) is 40.8 Å². The number of hydrogen-bond donors (Lipinski definition) is 1. The summed E-state index contributed by atoms with van der Waals surface area (Å²) in [4.78, 5) is 12.5. The SMILES string of the molecule is CCN(CC)S(=O)(=O)c1cc(C(=O)NCc2c(C)noc2C)ccc1OC. The van der Waals surface area contributed by atoms with E-state index < -0.39 is 15.9 Å². The van der Waals surface area contributed by atoms with Crippen molar-refractivity contribution in [2.75, 3.05) is 20.2 Å². The quantitative estimate of drug-likeness (QED) is 0.736. The van der Waals surface area contributed by atoms with Crippen LogP contribution in [0.5, 0.6) is 5.75 Å². The molecule has 2 rings (SSSR count). The molecule has 148 valence electrons. The van der Waals surface area contributed by atoms with Gasteiger partial charge >= 0.3 is 0 Å². The number of hydrogen-bond acceptors (Lipinski definition) is 6. The summed E-state index contributed by atoms with van der Waals surface area (Å²) in [5.74, 6) is 0.435. The average Bonchev–Trinajstić information content (AvgIpc) is 2.97. The lowest BCUT2D eigenvalue weighted by Gasteiger charge is -2.20. The van der Waals surface area contributed by atoms with Crippen LogP contribution in [0, 0.1) is 13.8 Å². The highest BCUT2D eigenvalue weighted by atomic mass is 32.2. The van der Waals surface area contributed by atoms with Gasteiger partial charge in [0, 0.05) is 30.8 Å². The van der Waals surface area contributed by atoms with Crippen molar-refractivity contribution in [2.45, 2.75) is 39.1 Å². The van der Waals surface area contributed by atoms with E-state index in [0.717, 1.165) is 5.56 Å². The Morgan fingerprint density at radius 3 is 2.44 bits per heavy atom. The summed E-state index contributed by atoms with van der Waals surface area (Å²) in [6.45, 7) is 7.96. The van der Waals surface area contributed by atoms with E-state index in [4.69, 9.17) is 9.26 Å². The van der Waals surface area contributed by atoms with Gasteiger partial charge in [0.05, 0.1) is 12.8 Å². The molecule has 0 saturated heterocycles. The zero-order valence-electron chi connectivity index (χ0n) is 16.2. The first-order chi connectivity index (χ1) is 12.8. The molecule has 1 aromatic carbocycles. The van der Waals surface area contributed by atoms with Crippen molar-refractivity contribution in [1.29, 1.82) is 0 Å². The van der Waals surface area contributed by atoms with Crippen molar-refractivity contribution in [2.24, 2.45) is 0 Å². The topological polar surface area (TPSA) is 102 Å². The number of nitrogens with one attached hydrogen (secondary N) is 1. The van der Waals surface area contributed by atoms with Gasteiger partial charge in [0.25, 0.3) is 5.91 Å². The molecule has 0 bridgehead atoms. The van der Waals surface area contributed by atoms with Crippen molar-refractivity contribution >= 4 is 15.9 Å². The molecule has 1 heterocycles. The third-order valence-electron chi connectivity index (χ3n) is 4.36. The number of aromatic nitrogens is 1. The molecule has 1 N–H and O–H groups in total. The molecule has 1 aromatic heterocycles. The summed E-state index contributed by atoms with van der Waals surface area (Å²) in [6, 6.07) is 4.36. The summed E-state index contributed by atoms with van der Waals surface area (Å²) >= 11 is 0. The van der Waals surface area contributed by atoms with Crippen molar-refractivity contribution in [1.82, 2.24) is 14.8 Å². The second-order valence-corrected chi connectivity index (χ2v) is 7.85. The predicted molar refractivity (Wildman–Crippen MR) is 100 cm³/mol. The molecule has 8 nitrogen and oxygen atoms in total. The fraction of sp³-hybridized carbons (Fsp3) is 0.444. The average molecular weight is 395 g/mol. The van der Waals surface area contributed by atoms with E-state index >= 15 is 0 Å². The molecule has 0 unspecified atom stereocenters. The summed E-state index contributed by atoms with van der Waals surface area (Å²) in [5.41, 5.74) is 1.73. The molecular weight excluding hydrogens is 370 g/mol. The van der Waals surface area contributed by atoms with Crippen LogP contribution in [0.4, 0.5) is 0 Å². The highest BCUT2D eigenvalue weighted by Crippen LogP contribution is 2.28. The van der Waals surface area contributed by atoms with Crippen molar-refractivity contribution in [3.8, 4) is 5.75 Å². The van der Waals surface area contributed by atoms with E-state index in [1.165, 1.54) is 29.6 Å². The molecule has 1 amide bonds. The van der Waals surface area contributed by atoms with Crippen LogP contribution in [0.1, 0.15) is 41.2 Å². The van der Waals surface area contributed by atoms with Crippen LogP contribution in [-0.4, -0.2) is 44.0 Å². The van der Waals surface area contributed by atoms with Crippen LogP contribution in [0.15, 0.2) is 27.6 Å².